The Morgan fingerprint density at radius 2 is 2.19 bits per heavy atom. The standard InChI is InChI=1S/C17H26N4O4S/c1-8-13-12(9(2)20-11(22)7-18-3)16(23)21(13)14(17(24)25)15(8)26-10-4-5-19-6-10/h8-10,12-13,18-19H,4-7H2,1-3H3,(H,20,22)(H,24,25)/t8-,9-,10+,12-,13-/m1/s1. The molecule has 0 aromatic carbocycles. The van der Waals surface area contributed by atoms with Gasteiger partial charge >= 0.3 is 5.97 Å². The molecule has 2 amide bonds. The first-order chi connectivity index (χ1) is 12.4. The number of likely N-dealkylation sites (N-methyl/N-ethyl adjacent to an activating group) is 1. The Morgan fingerprint density at radius 3 is 2.77 bits per heavy atom. The Kier molecular flexibility index (Phi) is 5.59. The summed E-state index contributed by atoms with van der Waals surface area (Å²) in [4.78, 5) is 38.6. The summed E-state index contributed by atoms with van der Waals surface area (Å²) in [6.45, 7) is 5.77. The minimum absolute atomic E-state index is 0.0435. The molecule has 144 valence electrons. The minimum Gasteiger partial charge on any atom is -0.477 e. The molecule has 5 atom stereocenters. The first-order valence-corrected chi connectivity index (χ1v) is 9.86. The Bertz CT molecular complexity index is 647. The molecule has 0 aromatic rings. The lowest BCUT2D eigenvalue weighted by molar-refractivity contribution is -0.158. The van der Waals surface area contributed by atoms with E-state index in [1.807, 2.05) is 13.8 Å². The third-order valence-electron chi connectivity index (χ3n) is 5.36. The molecule has 0 bridgehead atoms. The number of carboxylic acid groups (broad SMARTS) is 1. The number of thioether (sulfide) groups is 1. The molecule has 3 aliphatic heterocycles. The van der Waals surface area contributed by atoms with Gasteiger partial charge in [0.05, 0.1) is 18.5 Å². The van der Waals surface area contributed by atoms with Gasteiger partial charge in [0, 0.05) is 28.7 Å². The molecule has 26 heavy (non-hydrogen) atoms. The van der Waals surface area contributed by atoms with Crippen LogP contribution in [0.3, 0.4) is 0 Å². The van der Waals surface area contributed by atoms with Gasteiger partial charge < -0.3 is 26.0 Å². The lowest BCUT2D eigenvalue weighted by Crippen LogP contribution is -2.66. The van der Waals surface area contributed by atoms with Gasteiger partial charge in [-0.05, 0) is 26.9 Å². The molecule has 0 aromatic heterocycles. The normalized spacial score (nSPS) is 31.7. The Balaban J connectivity index is 1.77. The van der Waals surface area contributed by atoms with Gasteiger partial charge in [-0.25, -0.2) is 4.79 Å². The molecule has 3 rings (SSSR count). The van der Waals surface area contributed by atoms with Crippen LogP contribution in [-0.4, -0.2) is 71.8 Å². The molecule has 3 heterocycles. The maximum absolute atomic E-state index is 12.7. The van der Waals surface area contributed by atoms with Crippen molar-refractivity contribution in [1.29, 1.82) is 0 Å². The molecule has 2 fully saturated rings. The average Bonchev–Trinajstić information content (AvgIpc) is 3.14. The molecular weight excluding hydrogens is 356 g/mol. The number of carbonyl (C=O) groups is 3. The van der Waals surface area contributed by atoms with E-state index in [0.717, 1.165) is 24.4 Å². The molecule has 9 heteroatoms. The van der Waals surface area contributed by atoms with Crippen LogP contribution >= 0.6 is 11.8 Å². The highest BCUT2D eigenvalue weighted by molar-refractivity contribution is 8.03. The Hall–Kier alpha value is -1.58. The third kappa shape index (κ3) is 3.23. The first-order valence-electron chi connectivity index (χ1n) is 8.98. The average molecular weight is 382 g/mol. The van der Waals surface area contributed by atoms with E-state index in [-0.39, 0.29) is 48.0 Å². The fraction of sp³-hybridized carbons (Fsp3) is 0.706. The number of fused-ring (bicyclic) bond motifs is 1. The Morgan fingerprint density at radius 1 is 1.46 bits per heavy atom. The zero-order chi connectivity index (χ0) is 19.0. The molecule has 4 N–H and O–H groups in total. The highest BCUT2D eigenvalue weighted by atomic mass is 32.2. The van der Waals surface area contributed by atoms with Crippen molar-refractivity contribution >= 4 is 29.5 Å². The summed E-state index contributed by atoms with van der Waals surface area (Å²) in [6.07, 6.45) is 0.992. The van der Waals surface area contributed by atoms with Gasteiger partial charge in [0.1, 0.15) is 5.70 Å². The van der Waals surface area contributed by atoms with E-state index < -0.39 is 5.97 Å². The highest BCUT2D eigenvalue weighted by Crippen LogP contribution is 2.51. The van der Waals surface area contributed by atoms with Gasteiger partial charge in [0.25, 0.3) is 0 Å². The van der Waals surface area contributed by atoms with Gasteiger partial charge in [-0.2, -0.15) is 0 Å². The van der Waals surface area contributed by atoms with Crippen molar-refractivity contribution in [3.63, 3.8) is 0 Å². The van der Waals surface area contributed by atoms with Crippen LogP contribution in [0.4, 0.5) is 0 Å². The first kappa shape index (κ1) is 19.2. The number of carbonyl (C=O) groups excluding carboxylic acids is 2. The largest absolute Gasteiger partial charge is 0.477 e. The van der Waals surface area contributed by atoms with Crippen LogP contribution in [0.15, 0.2) is 10.6 Å². The summed E-state index contributed by atoms with van der Waals surface area (Å²) in [5, 5.41) is 18.9. The molecule has 0 radical (unpaired) electrons. The third-order valence-corrected chi connectivity index (χ3v) is 6.92. The van der Waals surface area contributed by atoms with E-state index in [1.165, 1.54) is 4.90 Å². The fourth-order valence-electron chi connectivity index (χ4n) is 4.16. The van der Waals surface area contributed by atoms with E-state index in [1.54, 1.807) is 18.8 Å². The fourth-order valence-corrected chi connectivity index (χ4v) is 5.61. The number of nitrogens with one attached hydrogen (secondary N) is 3. The van der Waals surface area contributed by atoms with Crippen molar-refractivity contribution in [1.82, 2.24) is 20.9 Å². The van der Waals surface area contributed by atoms with E-state index in [2.05, 4.69) is 16.0 Å². The number of β-lactam (4-membered cyclic amide) rings is 1. The number of hydrogen-bond donors (Lipinski definition) is 4. The topological polar surface area (TPSA) is 111 Å². The molecule has 2 saturated heterocycles. The molecular formula is C17H26N4O4S. The van der Waals surface area contributed by atoms with Crippen molar-refractivity contribution < 1.29 is 19.5 Å². The summed E-state index contributed by atoms with van der Waals surface area (Å²) in [5.74, 6) is -1.86. The number of aliphatic carboxylic acids is 1. The number of amides is 2. The summed E-state index contributed by atoms with van der Waals surface area (Å²) < 4.78 is 0. The number of carboxylic acids is 1. The zero-order valence-electron chi connectivity index (χ0n) is 15.2. The van der Waals surface area contributed by atoms with Crippen molar-refractivity contribution in [3.8, 4) is 0 Å². The summed E-state index contributed by atoms with van der Waals surface area (Å²) in [5.41, 5.74) is 0.134. The second kappa shape index (κ2) is 7.58. The van der Waals surface area contributed by atoms with Crippen LogP contribution in [0.5, 0.6) is 0 Å². The lowest BCUT2D eigenvalue weighted by Gasteiger charge is -2.47. The quantitative estimate of drug-likeness (QED) is 0.443. The second-order valence-corrected chi connectivity index (χ2v) is 8.49. The predicted molar refractivity (Wildman–Crippen MR) is 98.3 cm³/mol. The monoisotopic (exact) mass is 382 g/mol. The lowest BCUT2D eigenvalue weighted by atomic mass is 9.78. The van der Waals surface area contributed by atoms with Crippen LogP contribution in [0.25, 0.3) is 0 Å². The molecule has 0 unspecified atom stereocenters. The van der Waals surface area contributed by atoms with Crippen LogP contribution in [0.2, 0.25) is 0 Å². The van der Waals surface area contributed by atoms with Gasteiger partial charge in [-0.15, -0.1) is 11.8 Å². The molecule has 0 spiro atoms. The summed E-state index contributed by atoms with van der Waals surface area (Å²) >= 11 is 1.59. The smallest absolute Gasteiger partial charge is 0.353 e. The molecule has 3 aliphatic rings. The van der Waals surface area contributed by atoms with E-state index in [0.29, 0.717) is 5.25 Å². The van der Waals surface area contributed by atoms with Gasteiger partial charge in [0.2, 0.25) is 11.8 Å². The van der Waals surface area contributed by atoms with Crippen LogP contribution in [-0.2, 0) is 14.4 Å². The molecule has 0 saturated carbocycles. The van der Waals surface area contributed by atoms with Crippen molar-refractivity contribution in [2.24, 2.45) is 11.8 Å². The number of nitrogens with zero attached hydrogens (tertiary/aromatic N) is 1. The number of hydrogen-bond acceptors (Lipinski definition) is 6. The predicted octanol–water partition coefficient (Wildman–Crippen LogP) is -0.421. The van der Waals surface area contributed by atoms with E-state index in [9.17, 15) is 19.5 Å². The zero-order valence-corrected chi connectivity index (χ0v) is 16.1. The molecule has 8 nitrogen and oxygen atoms in total. The highest BCUT2D eigenvalue weighted by Gasteiger charge is 2.60. The summed E-state index contributed by atoms with van der Waals surface area (Å²) in [7, 11) is 1.68. The number of rotatable bonds is 7. The maximum atomic E-state index is 12.7. The van der Waals surface area contributed by atoms with E-state index in [4.69, 9.17) is 0 Å². The molecule has 0 aliphatic carbocycles. The maximum Gasteiger partial charge on any atom is 0.353 e. The van der Waals surface area contributed by atoms with Crippen LogP contribution in [0, 0.1) is 11.8 Å². The van der Waals surface area contributed by atoms with Crippen molar-refractivity contribution in [2.45, 2.75) is 37.6 Å². The Labute approximate surface area is 157 Å². The van der Waals surface area contributed by atoms with Crippen LogP contribution < -0.4 is 16.0 Å². The SMILES string of the molecule is CNCC(=O)N[C@H](C)[C@H]1C(=O)N2C(C(=O)O)=C(S[C@H]3CCNC3)[C@H](C)[C@H]12. The summed E-state index contributed by atoms with van der Waals surface area (Å²) in [6, 6.07) is -0.532. The minimum atomic E-state index is -1.05. The van der Waals surface area contributed by atoms with Gasteiger partial charge in [0.15, 0.2) is 0 Å². The van der Waals surface area contributed by atoms with Crippen LogP contribution in [0.1, 0.15) is 20.3 Å². The van der Waals surface area contributed by atoms with Gasteiger partial charge in [-0.3, -0.25) is 9.59 Å². The van der Waals surface area contributed by atoms with Crippen molar-refractivity contribution in [3.05, 3.63) is 10.6 Å². The van der Waals surface area contributed by atoms with E-state index >= 15 is 0 Å². The second-order valence-electron chi connectivity index (χ2n) is 7.15. The van der Waals surface area contributed by atoms with Gasteiger partial charge in [-0.1, -0.05) is 6.92 Å². The van der Waals surface area contributed by atoms with Crippen molar-refractivity contribution in [2.75, 3.05) is 26.7 Å².